The van der Waals surface area contributed by atoms with Crippen LogP contribution in [0, 0.1) is 0 Å². The van der Waals surface area contributed by atoms with Gasteiger partial charge in [0, 0.05) is 4.88 Å². The molecule has 0 amide bonds. The van der Waals surface area contributed by atoms with Gasteiger partial charge in [-0.05, 0) is 31.2 Å². The summed E-state index contributed by atoms with van der Waals surface area (Å²) in [6, 6.07) is 0. The van der Waals surface area contributed by atoms with Gasteiger partial charge in [0.15, 0.2) is 5.50 Å². The number of nitrogens with one attached hydrogen (secondary N) is 1. The molecule has 0 spiro atoms. The number of rotatable bonds is 0. The van der Waals surface area contributed by atoms with Crippen molar-refractivity contribution < 1.29 is 0 Å². The second-order valence-electron chi connectivity index (χ2n) is 4.30. The maximum Gasteiger partial charge on any atom is 0.166 e. The van der Waals surface area contributed by atoms with Crippen LogP contribution in [0.15, 0.2) is 4.99 Å². The summed E-state index contributed by atoms with van der Waals surface area (Å²) in [6.07, 6.45) is 6.24. The number of nitrogens with zero attached hydrogens (tertiary/aromatic N) is 1. The predicted octanol–water partition coefficient (Wildman–Crippen LogP) is 2.36. The lowest BCUT2D eigenvalue weighted by molar-refractivity contribution is 0.712. The van der Waals surface area contributed by atoms with Crippen molar-refractivity contribution in [3.63, 3.8) is 0 Å². The molecule has 0 saturated carbocycles. The van der Waals surface area contributed by atoms with Crippen LogP contribution < -0.4 is 11.1 Å². The fraction of sp³-hybridized carbons (Fsp3) is 0.545. The Morgan fingerprint density at radius 3 is 3.00 bits per heavy atom. The molecule has 3 nitrogen and oxygen atoms in total. The van der Waals surface area contributed by atoms with Crippen molar-refractivity contribution in [2.45, 2.75) is 37.6 Å². The molecule has 0 fully saturated rings. The molecule has 3 N–H and O–H groups in total. The zero-order valence-corrected chi connectivity index (χ0v) is 10.7. The van der Waals surface area contributed by atoms with Crippen LogP contribution in [0.2, 0.25) is 0 Å². The van der Waals surface area contributed by atoms with Crippen LogP contribution in [0.3, 0.4) is 0 Å². The van der Waals surface area contributed by atoms with Crippen molar-refractivity contribution in [2.75, 3.05) is 5.32 Å². The SMILES string of the molecule is NC1=N[C@@H](S)Nc2sc3c(c21)CCCCC3. The lowest BCUT2D eigenvalue weighted by atomic mass is 10.0. The van der Waals surface area contributed by atoms with E-state index in [1.54, 1.807) is 0 Å². The van der Waals surface area contributed by atoms with Crippen molar-refractivity contribution in [3.05, 3.63) is 16.0 Å². The van der Waals surface area contributed by atoms with Gasteiger partial charge in [-0.15, -0.1) is 24.0 Å². The van der Waals surface area contributed by atoms with E-state index in [9.17, 15) is 0 Å². The average Bonchev–Trinajstić information content (AvgIpc) is 2.42. The van der Waals surface area contributed by atoms with Crippen LogP contribution in [-0.2, 0) is 12.8 Å². The third kappa shape index (κ3) is 1.62. The summed E-state index contributed by atoms with van der Waals surface area (Å²) < 4.78 is 0. The maximum absolute atomic E-state index is 6.02. The van der Waals surface area contributed by atoms with E-state index < -0.39 is 0 Å². The first-order valence-electron chi connectivity index (χ1n) is 5.68. The second kappa shape index (κ2) is 3.96. The van der Waals surface area contributed by atoms with E-state index in [0.29, 0.717) is 5.84 Å². The minimum Gasteiger partial charge on any atom is -0.383 e. The van der Waals surface area contributed by atoms with Crippen molar-refractivity contribution in [1.29, 1.82) is 0 Å². The molecule has 2 aliphatic rings. The third-order valence-corrected chi connectivity index (χ3v) is 4.67. The lowest BCUT2D eigenvalue weighted by Crippen LogP contribution is -2.26. The normalized spacial score (nSPS) is 23.8. The zero-order valence-electron chi connectivity index (χ0n) is 8.99. The third-order valence-electron chi connectivity index (χ3n) is 3.20. The van der Waals surface area contributed by atoms with Crippen molar-refractivity contribution in [1.82, 2.24) is 0 Å². The van der Waals surface area contributed by atoms with E-state index in [1.165, 1.54) is 41.1 Å². The van der Waals surface area contributed by atoms with E-state index in [2.05, 4.69) is 22.9 Å². The fourth-order valence-electron chi connectivity index (χ4n) is 2.46. The molecule has 0 unspecified atom stereocenters. The molecule has 1 aromatic heterocycles. The summed E-state index contributed by atoms with van der Waals surface area (Å²) in [4.78, 5) is 5.79. The maximum atomic E-state index is 6.02. The largest absolute Gasteiger partial charge is 0.383 e. The molecule has 0 bridgehead atoms. The van der Waals surface area contributed by atoms with Gasteiger partial charge in [-0.1, -0.05) is 6.42 Å². The minimum absolute atomic E-state index is 0.185. The smallest absolute Gasteiger partial charge is 0.166 e. The predicted molar refractivity (Wildman–Crippen MR) is 72.7 cm³/mol. The number of fused-ring (bicyclic) bond motifs is 3. The summed E-state index contributed by atoms with van der Waals surface area (Å²) >= 11 is 6.15. The van der Waals surface area contributed by atoms with E-state index in [0.717, 1.165) is 12.0 Å². The quantitative estimate of drug-likeness (QED) is 0.491. The van der Waals surface area contributed by atoms with E-state index in [-0.39, 0.29) is 5.50 Å². The standard InChI is InChI=1S/C11H15N3S2/c12-9-8-6-4-2-1-3-5-7(6)16-10(8)14-11(15)13-9/h11,14-15H,1-5H2,(H2,12,13)/t11-/m1/s1. The van der Waals surface area contributed by atoms with E-state index in [4.69, 9.17) is 5.73 Å². The molecular weight excluding hydrogens is 238 g/mol. The molecule has 5 heteroatoms. The van der Waals surface area contributed by atoms with Crippen LogP contribution in [-0.4, -0.2) is 11.3 Å². The molecule has 1 atom stereocenters. The van der Waals surface area contributed by atoms with Gasteiger partial charge in [-0.25, -0.2) is 4.99 Å². The van der Waals surface area contributed by atoms with E-state index in [1.807, 2.05) is 11.3 Å². The zero-order chi connectivity index (χ0) is 11.1. The Labute approximate surface area is 105 Å². The van der Waals surface area contributed by atoms with Gasteiger partial charge in [-0.3, -0.25) is 0 Å². The molecule has 86 valence electrons. The number of hydrogen-bond acceptors (Lipinski definition) is 5. The first-order chi connectivity index (χ1) is 7.75. The summed E-state index contributed by atoms with van der Waals surface area (Å²) in [5.74, 6) is 0.660. The molecule has 0 radical (unpaired) electrons. The highest BCUT2D eigenvalue weighted by atomic mass is 32.1. The molecule has 16 heavy (non-hydrogen) atoms. The lowest BCUT2D eigenvalue weighted by Gasteiger charge is -2.18. The Morgan fingerprint density at radius 1 is 1.31 bits per heavy atom. The van der Waals surface area contributed by atoms with Crippen LogP contribution >= 0.6 is 24.0 Å². The van der Waals surface area contributed by atoms with Gasteiger partial charge in [0.1, 0.15) is 10.8 Å². The molecule has 1 aliphatic carbocycles. The molecule has 1 aromatic rings. The first-order valence-corrected chi connectivity index (χ1v) is 7.02. The molecule has 0 aromatic carbocycles. The van der Waals surface area contributed by atoms with Crippen LogP contribution in [0.4, 0.5) is 5.00 Å². The van der Waals surface area contributed by atoms with Crippen molar-refractivity contribution >= 4 is 34.8 Å². The topological polar surface area (TPSA) is 50.4 Å². The number of aliphatic imine (C=N–C) groups is 1. The highest BCUT2D eigenvalue weighted by Gasteiger charge is 2.25. The monoisotopic (exact) mass is 253 g/mol. The molecule has 3 rings (SSSR count). The minimum atomic E-state index is -0.185. The Morgan fingerprint density at radius 2 is 2.12 bits per heavy atom. The van der Waals surface area contributed by atoms with Crippen LogP contribution in [0.5, 0.6) is 0 Å². The number of amidine groups is 1. The Bertz CT molecular complexity index is 450. The van der Waals surface area contributed by atoms with Gasteiger partial charge in [0.05, 0.1) is 5.56 Å². The number of hydrogen-bond donors (Lipinski definition) is 3. The fourth-order valence-corrected chi connectivity index (χ4v) is 4.12. The Kier molecular flexibility index (Phi) is 2.59. The van der Waals surface area contributed by atoms with Gasteiger partial charge in [0.2, 0.25) is 0 Å². The Balaban J connectivity index is 2.11. The van der Waals surface area contributed by atoms with Gasteiger partial charge >= 0.3 is 0 Å². The van der Waals surface area contributed by atoms with Gasteiger partial charge in [0.25, 0.3) is 0 Å². The molecule has 2 heterocycles. The highest BCUT2D eigenvalue weighted by Crippen LogP contribution is 2.39. The molecule has 0 saturated heterocycles. The number of thiol groups is 1. The van der Waals surface area contributed by atoms with Gasteiger partial charge in [-0.2, -0.15) is 0 Å². The Hall–Kier alpha value is -0.680. The second-order valence-corrected chi connectivity index (χ2v) is 5.90. The van der Waals surface area contributed by atoms with Crippen LogP contribution in [0.1, 0.15) is 35.3 Å². The van der Waals surface area contributed by atoms with Gasteiger partial charge < -0.3 is 11.1 Å². The van der Waals surface area contributed by atoms with Crippen molar-refractivity contribution in [2.24, 2.45) is 10.7 Å². The summed E-state index contributed by atoms with van der Waals surface area (Å²) in [6.45, 7) is 0. The molecule has 1 aliphatic heterocycles. The van der Waals surface area contributed by atoms with E-state index >= 15 is 0 Å². The first kappa shape index (κ1) is 10.5. The van der Waals surface area contributed by atoms with Crippen molar-refractivity contribution in [3.8, 4) is 0 Å². The summed E-state index contributed by atoms with van der Waals surface area (Å²) in [7, 11) is 0. The number of nitrogens with two attached hydrogens (primary N) is 1. The summed E-state index contributed by atoms with van der Waals surface area (Å²) in [5, 5.41) is 4.45. The van der Waals surface area contributed by atoms with Crippen LogP contribution in [0.25, 0.3) is 0 Å². The summed E-state index contributed by atoms with van der Waals surface area (Å²) in [5.41, 5.74) is 8.43. The highest BCUT2D eigenvalue weighted by molar-refractivity contribution is 7.81. The number of aryl methyl sites for hydroxylation is 1. The number of anilines is 1. The number of thiophene rings is 1. The average molecular weight is 253 g/mol. The molecular formula is C11H15N3S2.